The van der Waals surface area contributed by atoms with E-state index in [9.17, 15) is 9.90 Å². The number of carbonyl (C=O) groups excluding carboxylic acids is 1. The molecular formula is C20H28N2O3. The summed E-state index contributed by atoms with van der Waals surface area (Å²) in [5, 5.41) is 12.4. The van der Waals surface area contributed by atoms with E-state index in [1.807, 2.05) is 6.92 Å². The molecule has 0 aliphatic rings. The minimum Gasteiger partial charge on any atom is -0.506 e. The second-order valence-corrected chi connectivity index (χ2v) is 6.39. The predicted molar refractivity (Wildman–Crippen MR) is 99.7 cm³/mol. The molecule has 0 aliphatic carbocycles. The van der Waals surface area contributed by atoms with Crippen LogP contribution in [-0.2, 0) is 11.2 Å². The number of aromatic hydroxyl groups is 1. The van der Waals surface area contributed by atoms with Gasteiger partial charge in [0.1, 0.15) is 11.5 Å². The fourth-order valence-electron chi connectivity index (χ4n) is 2.88. The van der Waals surface area contributed by atoms with Crippen LogP contribution < -0.4 is 5.32 Å². The van der Waals surface area contributed by atoms with Crippen molar-refractivity contribution in [2.45, 2.75) is 65.2 Å². The zero-order valence-corrected chi connectivity index (χ0v) is 15.2. The van der Waals surface area contributed by atoms with Gasteiger partial charge in [0.15, 0.2) is 0 Å². The van der Waals surface area contributed by atoms with Crippen molar-refractivity contribution in [1.29, 1.82) is 0 Å². The van der Waals surface area contributed by atoms with E-state index in [1.54, 1.807) is 18.2 Å². The number of hydrogen-bond donors (Lipinski definition) is 2. The molecule has 0 bridgehead atoms. The van der Waals surface area contributed by atoms with Gasteiger partial charge in [-0.1, -0.05) is 45.4 Å². The van der Waals surface area contributed by atoms with Crippen LogP contribution in [-0.4, -0.2) is 16.5 Å². The number of hydrogen-bond acceptors (Lipinski definition) is 4. The summed E-state index contributed by atoms with van der Waals surface area (Å²) in [6.07, 6.45) is 10.3. The summed E-state index contributed by atoms with van der Waals surface area (Å²) >= 11 is 0. The van der Waals surface area contributed by atoms with Gasteiger partial charge < -0.3 is 14.8 Å². The van der Waals surface area contributed by atoms with Crippen LogP contribution in [0.25, 0.3) is 11.5 Å². The van der Waals surface area contributed by atoms with E-state index in [0.29, 0.717) is 23.6 Å². The van der Waals surface area contributed by atoms with Crippen LogP contribution in [0, 0.1) is 6.92 Å². The maximum absolute atomic E-state index is 10.5. The monoisotopic (exact) mass is 344 g/mol. The Kier molecular flexibility index (Phi) is 7.51. The topological polar surface area (TPSA) is 75.4 Å². The summed E-state index contributed by atoms with van der Waals surface area (Å²) in [5.74, 6) is 1.33. The number of benzene rings is 1. The molecule has 0 saturated carbocycles. The number of nitrogens with one attached hydrogen (secondary N) is 1. The molecule has 25 heavy (non-hydrogen) atoms. The Bertz CT molecular complexity index is 680. The van der Waals surface area contributed by atoms with Crippen LogP contribution in [0.4, 0.5) is 5.69 Å². The number of phenolic OH excluding ortho intramolecular Hbond substituents is 1. The maximum Gasteiger partial charge on any atom is 0.226 e. The normalized spacial score (nSPS) is 10.8. The van der Waals surface area contributed by atoms with Gasteiger partial charge in [-0.3, -0.25) is 4.79 Å². The summed E-state index contributed by atoms with van der Waals surface area (Å²) in [4.78, 5) is 15.1. The third-order valence-electron chi connectivity index (χ3n) is 4.37. The van der Waals surface area contributed by atoms with E-state index in [1.165, 1.54) is 38.5 Å². The van der Waals surface area contributed by atoms with E-state index in [4.69, 9.17) is 4.42 Å². The van der Waals surface area contributed by atoms with Crippen molar-refractivity contribution in [3.05, 3.63) is 29.7 Å². The highest BCUT2D eigenvalue weighted by molar-refractivity contribution is 5.77. The van der Waals surface area contributed by atoms with Crippen LogP contribution in [0.5, 0.6) is 5.75 Å². The quantitative estimate of drug-likeness (QED) is 0.333. The zero-order chi connectivity index (χ0) is 18.1. The summed E-state index contributed by atoms with van der Waals surface area (Å²) in [5.41, 5.74) is 2.05. The van der Waals surface area contributed by atoms with Gasteiger partial charge in [0.05, 0.1) is 11.4 Å². The van der Waals surface area contributed by atoms with Crippen molar-refractivity contribution >= 4 is 12.1 Å². The smallest absolute Gasteiger partial charge is 0.226 e. The standard InChI is InChI=1S/C20H28N2O3/c1-3-4-5-6-7-8-9-10-17-15(2)25-20(22-17)16-11-12-18(21-14-23)19(24)13-16/h11-14,24H,3-10H2,1-2H3,(H,21,23). The third kappa shape index (κ3) is 5.62. The second kappa shape index (κ2) is 9.87. The van der Waals surface area contributed by atoms with E-state index >= 15 is 0 Å². The Balaban J connectivity index is 1.91. The number of nitrogens with zero attached hydrogens (tertiary/aromatic N) is 1. The molecule has 2 N–H and O–H groups in total. The zero-order valence-electron chi connectivity index (χ0n) is 15.2. The minimum absolute atomic E-state index is 0.00548. The Morgan fingerprint density at radius 1 is 1.16 bits per heavy atom. The van der Waals surface area contributed by atoms with Crippen LogP contribution in [0.1, 0.15) is 63.3 Å². The molecule has 1 aromatic carbocycles. The molecule has 0 unspecified atom stereocenters. The average Bonchev–Trinajstić information content (AvgIpc) is 2.97. The molecule has 0 aliphatic heterocycles. The van der Waals surface area contributed by atoms with E-state index in [0.717, 1.165) is 24.3 Å². The van der Waals surface area contributed by atoms with Gasteiger partial charge in [0, 0.05) is 5.56 Å². The van der Waals surface area contributed by atoms with E-state index in [2.05, 4.69) is 17.2 Å². The van der Waals surface area contributed by atoms with Gasteiger partial charge in [-0.2, -0.15) is 0 Å². The van der Waals surface area contributed by atoms with Gasteiger partial charge in [-0.05, 0) is 38.0 Å². The van der Waals surface area contributed by atoms with E-state index < -0.39 is 0 Å². The molecule has 0 spiro atoms. The van der Waals surface area contributed by atoms with Crippen LogP contribution in [0.15, 0.2) is 22.6 Å². The van der Waals surface area contributed by atoms with Crippen LogP contribution in [0.2, 0.25) is 0 Å². The number of carbonyl (C=O) groups is 1. The fourth-order valence-corrected chi connectivity index (χ4v) is 2.88. The molecule has 0 radical (unpaired) electrons. The maximum atomic E-state index is 10.5. The van der Waals surface area contributed by atoms with Crippen molar-refractivity contribution in [1.82, 2.24) is 4.98 Å². The second-order valence-electron chi connectivity index (χ2n) is 6.39. The van der Waals surface area contributed by atoms with Crippen molar-refractivity contribution < 1.29 is 14.3 Å². The minimum atomic E-state index is -0.00548. The van der Waals surface area contributed by atoms with Crippen molar-refractivity contribution in [3.8, 4) is 17.2 Å². The molecule has 0 atom stereocenters. The summed E-state index contributed by atoms with van der Waals surface area (Å²) in [6, 6.07) is 4.96. The Labute approximate surface area is 149 Å². The van der Waals surface area contributed by atoms with Gasteiger partial charge in [-0.15, -0.1) is 0 Å². The predicted octanol–water partition coefficient (Wildman–Crippen LogP) is 5.22. The number of aryl methyl sites for hydroxylation is 2. The number of unbranched alkanes of at least 4 members (excludes halogenated alkanes) is 6. The van der Waals surface area contributed by atoms with Gasteiger partial charge >= 0.3 is 0 Å². The molecule has 136 valence electrons. The molecule has 2 aromatic rings. The molecule has 1 aromatic heterocycles. The first-order valence-corrected chi connectivity index (χ1v) is 9.15. The first-order chi connectivity index (χ1) is 12.2. The molecular weight excluding hydrogens is 316 g/mol. The number of oxazole rings is 1. The molecule has 0 fully saturated rings. The number of amides is 1. The van der Waals surface area contributed by atoms with Crippen molar-refractivity contribution in [3.63, 3.8) is 0 Å². The lowest BCUT2D eigenvalue weighted by Crippen LogP contribution is -1.94. The van der Waals surface area contributed by atoms with Crippen LogP contribution in [0.3, 0.4) is 0 Å². The Hall–Kier alpha value is -2.30. The highest BCUT2D eigenvalue weighted by Gasteiger charge is 2.13. The number of rotatable bonds is 11. The first-order valence-electron chi connectivity index (χ1n) is 9.15. The lowest BCUT2D eigenvalue weighted by Gasteiger charge is -2.03. The first kappa shape index (κ1) is 19.0. The lowest BCUT2D eigenvalue weighted by atomic mass is 10.1. The van der Waals surface area contributed by atoms with Gasteiger partial charge in [0.2, 0.25) is 12.3 Å². The van der Waals surface area contributed by atoms with E-state index in [-0.39, 0.29) is 5.75 Å². The third-order valence-corrected chi connectivity index (χ3v) is 4.37. The summed E-state index contributed by atoms with van der Waals surface area (Å²) < 4.78 is 5.75. The molecule has 2 rings (SSSR count). The SMILES string of the molecule is CCCCCCCCCc1nc(-c2ccc(NC=O)c(O)c2)oc1C. The Morgan fingerprint density at radius 3 is 2.56 bits per heavy atom. The molecule has 1 heterocycles. The fraction of sp³-hybridized carbons (Fsp3) is 0.500. The number of phenols is 1. The molecule has 0 saturated heterocycles. The van der Waals surface area contributed by atoms with Crippen molar-refractivity contribution in [2.75, 3.05) is 5.32 Å². The summed E-state index contributed by atoms with van der Waals surface area (Å²) in [6.45, 7) is 4.16. The average molecular weight is 344 g/mol. The summed E-state index contributed by atoms with van der Waals surface area (Å²) in [7, 11) is 0. The molecule has 5 nitrogen and oxygen atoms in total. The Morgan fingerprint density at radius 2 is 1.88 bits per heavy atom. The van der Waals surface area contributed by atoms with Crippen molar-refractivity contribution in [2.24, 2.45) is 0 Å². The molecule has 1 amide bonds. The largest absolute Gasteiger partial charge is 0.506 e. The van der Waals surface area contributed by atoms with Gasteiger partial charge in [0.25, 0.3) is 0 Å². The van der Waals surface area contributed by atoms with Crippen LogP contribution >= 0.6 is 0 Å². The molecule has 5 heteroatoms. The number of anilines is 1. The highest BCUT2D eigenvalue weighted by atomic mass is 16.4. The highest BCUT2D eigenvalue weighted by Crippen LogP contribution is 2.30. The van der Waals surface area contributed by atoms with Gasteiger partial charge in [-0.25, -0.2) is 4.98 Å². The number of aromatic nitrogens is 1. The lowest BCUT2D eigenvalue weighted by molar-refractivity contribution is -0.105.